The summed E-state index contributed by atoms with van der Waals surface area (Å²) in [4.78, 5) is 0. The number of nitrogens with zero attached hydrogens (tertiary/aromatic N) is 1. The van der Waals surface area contributed by atoms with Crippen LogP contribution in [0.5, 0.6) is 0 Å². The van der Waals surface area contributed by atoms with E-state index in [1.54, 1.807) is 0 Å². The Morgan fingerprint density at radius 2 is 1.62 bits per heavy atom. The van der Waals surface area contributed by atoms with E-state index in [9.17, 15) is 5.21 Å². The Morgan fingerprint density at radius 3 is 2.24 bits per heavy atom. The van der Waals surface area contributed by atoms with Gasteiger partial charge in [-0.3, -0.25) is 0 Å². The van der Waals surface area contributed by atoms with Gasteiger partial charge in [0.1, 0.15) is 0 Å². The number of benzene rings is 2. The predicted molar refractivity (Wildman–Crippen MR) is 87.1 cm³/mol. The molecule has 0 saturated carbocycles. The van der Waals surface area contributed by atoms with Crippen LogP contribution >= 0.6 is 0 Å². The molecule has 0 spiro atoms. The minimum absolute atomic E-state index is 0.159. The predicted octanol–water partition coefficient (Wildman–Crippen LogP) is 4.58. The van der Waals surface area contributed by atoms with Gasteiger partial charge in [0, 0.05) is 12.0 Å². The lowest BCUT2D eigenvalue weighted by atomic mass is 9.85. The Labute approximate surface area is 125 Å². The molecular weight excluding hydrogens is 258 g/mol. The van der Waals surface area contributed by atoms with Crippen LogP contribution in [0.4, 0.5) is 0 Å². The van der Waals surface area contributed by atoms with Crippen molar-refractivity contribution in [2.75, 3.05) is 0 Å². The van der Waals surface area contributed by atoms with Gasteiger partial charge in [-0.2, -0.15) is 4.74 Å². The molecule has 0 bridgehead atoms. The summed E-state index contributed by atoms with van der Waals surface area (Å²) in [7, 11) is 0. The summed E-state index contributed by atoms with van der Waals surface area (Å²) >= 11 is 0. The summed E-state index contributed by atoms with van der Waals surface area (Å²) in [5.74, 6) is 0. The Bertz CT molecular complexity index is 671. The van der Waals surface area contributed by atoms with Crippen molar-refractivity contribution in [3.8, 4) is 0 Å². The van der Waals surface area contributed by atoms with E-state index in [4.69, 9.17) is 0 Å². The highest BCUT2D eigenvalue weighted by Gasteiger charge is 2.41. The minimum Gasteiger partial charge on any atom is -0.623 e. The second-order valence-electron chi connectivity index (χ2n) is 5.35. The van der Waals surface area contributed by atoms with Crippen LogP contribution in [0.25, 0.3) is 6.08 Å². The summed E-state index contributed by atoms with van der Waals surface area (Å²) in [6.45, 7) is 2.11. The maximum Gasteiger partial charge on any atom is 0.220 e. The van der Waals surface area contributed by atoms with Crippen LogP contribution in [0.1, 0.15) is 36.9 Å². The van der Waals surface area contributed by atoms with Gasteiger partial charge in [0.25, 0.3) is 0 Å². The fraction of sp³-hybridized carbons (Fsp3) is 0.211. The van der Waals surface area contributed by atoms with Gasteiger partial charge in [0.15, 0.2) is 5.71 Å². The van der Waals surface area contributed by atoms with Gasteiger partial charge in [-0.15, -0.1) is 0 Å². The molecular formula is C19H19NO. The molecule has 1 unspecified atom stereocenters. The lowest BCUT2D eigenvalue weighted by Gasteiger charge is -2.31. The first kappa shape index (κ1) is 13.6. The molecule has 0 fully saturated rings. The molecule has 21 heavy (non-hydrogen) atoms. The maximum absolute atomic E-state index is 12.4. The van der Waals surface area contributed by atoms with Crippen LogP contribution < -0.4 is 0 Å². The molecule has 0 N–H and O–H groups in total. The normalized spacial score (nSPS) is 19.7. The van der Waals surface area contributed by atoms with E-state index < -0.39 is 0 Å². The van der Waals surface area contributed by atoms with Crippen molar-refractivity contribution in [2.45, 2.75) is 25.8 Å². The molecule has 1 aliphatic heterocycles. The minimum atomic E-state index is -0.159. The van der Waals surface area contributed by atoms with Crippen molar-refractivity contribution < 1.29 is 4.74 Å². The summed E-state index contributed by atoms with van der Waals surface area (Å²) in [5, 5.41) is 12.4. The van der Waals surface area contributed by atoms with Crippen LogP contribution in [0.15, 0.2) is 66.2 Å². The van der Waals surface area contributed by atoms with Crippen molar-refractivity contribution >= 4 is 11.8 Å². The Balaban J connectivity index is 2.01. The third-order valence-corrected chi connectivity index (χ3v) is 3.85. The molecule has 1 aliphatic rings. The van der Waals surface area contributed by atoms with E-state index >= 15 is 0 Å². The van der Waals surface area contributed by atoms with Crippen molar-refractivity contribution in [1.82, 2.24) is 0 Å². The van der Waals surface area contributed by atoms with Crippen LogP contribution in [-0.4, -0.2) is 10.5 Å². The largest absolute Gasteiger partial charge is 0.623 e. The van der Waals surface area contributed by atoms with E-state index in [1.165, 1.54) is 4.74 Å². The number of hydrogen-bond donors (Lipinski definition) is 0. The Morgan fingerprint density at radius 1 is 1.00 bits per heavy atom. The molecule has 2 aromatic carbocycles. The lowest BCUT2D eigenvalue weighted by Crippen LogP contribution is -2.37. The third-order valence-electron chi connectivity index (χ3n) is 3.85. The highest BCUT2D eigenvalue weighted by atomic mass is 16.5. The zero-order chi connectivity index (χ0) is 14.7. The molecule has 1 atom stereocenters. The van der Waals surface area contributed by atoms with Gasteiger partial charge in [-0.25, -0.2) is 0 Å². The van der Waals surface area contributed by atoms with Crippen LogP contribution in [0, 0.1) is 5.21 Å². The van der Waals surface area contributed by atoms with E-state index in [-0.39, 0.29) is 6.04 Å². The fourth-order valence-corrected chi connectivity index (χ4v) is 2.83. The third kappa shape index (κ3) is 2.62. The molecule has 0 radical (unpaired) electrons. The van der Waals surface area contributed by atoms with Gasteiger partial charge < -0.3 is 5.21 Å². The van der Waals surface area contributed by atoms with Gasteiger partial charge in [0.05, 0.1) is 5.57 Å². The quantitative estimate of drug-likeness (QED) is 0.593. The van der Waals surface area contributed by atoms with Crippen molar-refractivity contribution in [1.29, 1.82) is 0 Å². The second kappa shape index (κ2) is 5.96. The molecule has 0 saturated heterocycles. The van der Waals surface area contributed by atoms with E-state index in [2.05, 4.69) is 25.1 Å². The van der Waals surface area contributed by atoms with Crippen LogP contribution in [-0.2, 0) is 0 Å². The highest BCUT2D eigenvalue weighted by molar-refractivity contribution is 6.04. The number of rotatable bonds is 4. The molecule has 2 aromatic rings. The highest BCUT2D eigenvalue weighted by Crippen LogP contribution is 2.37. The SMILES string of the molecule is CCCC1=[N+]([O-])C(c2ccccc2)/C1=C\c1ccccc1. The van der Waals surface area contributed by atoms with E-state index in [1.807, 2.05) is 48.5 Å². The first-order valence-corrected chi connectivity index (χ1v) is 7.45. The topological polar surface area (TPSA) is 26.1 Å². The zero-order valence-corrected chi connectivity index (χ0v) is 12.2. The van der Waals surface area contributed by atoms with Crippen molar-refractivity contribution in [3.63, 3.8) is 0 Å². The smallest absolute Gasteiger partial charge is 0.220 e. The van der Waals surface area contributed by atoms with Gasteiger partial charge in [-0.1, -0.05) is 67.6 Å². The average molecular weight is 277 g/mol. The van der Waals surface area contributed by atoms with Crippen molar-refractivity contribution in [3.05, 3.63) is 82.6 Å². The van der Waals surface area contributed by atoms with Gasteiger partial charge >= 0.3 is 0 Å². The van der Waals surface area contributed by atoms with Crippen molar-refractivity contribution in [2.24, 2.45) is 0 Å². The first-order chi connectivity index (χ1) is 10.3. The number of hydroxylamine groups is 1. The first-order valence-electron chi connectivity index (χ1n) is 7.45. The molecule has 3 rings (SSSR count). The van der Waals surface area contributed by atoms with Crippen LogP contribution in [0.2, 0.25) is 0 Å². The van der Waals surface area contributed by atoms with E-state index in [0.717, 1.165) is 35.3 Å². The molecule has 0 aliphatic carbocycles. The standard InChI is InChI=1S/C19H19NO/c1-2-9-18-17(14-15-10-5-3-6-11-15)19(20(18)21)16-12-7-4-8-13-16/h3-8,10-14,19H,2,9H2,1H3/b17-14-. The molecule has 2 nitrogen and oxygen atoms in total. The van der Waals surface area contributed by atoms with Gasteiger partial charge in [-0.05, 0) is 18.1 Å². The summed E-state index contributed by atoms with van der Waals surface area (Å²) < 4.78 is 1.17. The Kier molecular flexibility index (Phi) is 3.87. The van der Waals surface area contributed by atoms with E-state index in [0.29, 0.717) is 0 Å². The molecule has 2 heteroatoms. The molecule has 106 valence electrons. The molecule has 0 aromatic heterocycles. The lowest BCUT2D eigenvalue weighted by molar-refractivity contribution is -0.518. The summed E-state index contributed by atoms with van der Waals surface area (Å²) in [6, 6.07) is 20.1. The maximum atomic E-state index is 12.4. The molecule has 0 amide bonds. The average Bonchev–Trinajstić information content (AvgIpc) is 2.54. The monoisotopic (exact) mass is 277 g/mol. The number of hydrogen-bond acceptors (Lipinski definition) is 1. The summed E-state index contributed by atoms with van der Waals surface area (Å²) in [6.07, 6.45) is 3.98. The zero-order valence-electron chi connectivity index (χ0n) is 12.2. The Hall–Kier alpha value is -2.35. The molecule has 1 heterocycles. The second-order valence-corrected chi connectivity index (χ2v) is 5.35. The van der Waals surface area contributed by atoms with Crippen LogP contribution in [0.3, 0.4) is 0 Å². The van der Waals surface area contributed by atoms with Gasteiger partial charge in [0.2, 0.25) is 6.04 Å². The fourth-order valence-electron chi connectivity index (χ4n) is 2.83. The summed E-state index contributed by atoms with van der Waals surface area (Å²) in [5.41, 5.74) is 4.30.